The Morgan fingerprint density at radius 1 is 1.19 bits per heavy atom. The zero-order valence-corrected chi connectivity index (χ0v) is 9.48. The summed E-state index contributed by atoms with van der Waals surface area (Å²) in [5.41, 5.74) is 1.29. The Hall–Kier alpha value is -1.06. The minimum atomic E-state index is 0.402. The molecule has 1 N–H and O–H groups in total. The van der Waals surface area contributed by atoms with Crippen LogP contribution in [-0.2, 0) is 4.74 Å². The second-order valence-electron chi connectivity index (χ2n) is 4.70. The van der Waals surface area contributed by atoms with E-state index < -0.39 is 0 Å². The van der Waals surface area contributed by atoms with Gasteiger partial charge in [-0.1, -0.05) is 25.1 Å². The molecule has 2 aliphatic heterocycles. The first kappa shape index (κ1) is 10.1. The highest BCUT2D eigenvalue weighted by Crippen LogP contribution is 2.35. The minimum absolute atomic E-state index is 0.402. The number of rotatable bonds is 2. The predicted octanol–water partition coefficient (Wildman–Crippen LogP) is 1.74. The summed E-state index contributed by atoms with van der Waals surface area (Å²) in [6.07, 6.45) is 0. The van der Waals surface area contributed by atoms with Gasteiger partial charge in [-0.2, -0.15) is 0 Å². The number of hydrogen-bond donors (Lipinski definition) is 1. The van der Waals surface area contributed by atoms with E-state index in [-0.39, 0.29) is 0 Å². The molecule has 2 heterocycles. The molecule has 2 unspecified atom stereocenters. The van der Waals surface area contributed by atoms with Crippen LogP contribution in [0.4, 0.5) is 0 Å². The van der Waals surface area contributed by atoms with E-state index in [0.717, 1.165) is 25.6 Å². The number of nitrogens with one attached hydrogen (secondary N) is 1. The molecule has 3 rings (SSSR count). The van der Waals surface area contributed by atoms with Gasteiger partial charge in [0, 0.05) is 17.5 Å². The maximum atomic E-state index is 5.73. The first-order chi connectivity index (χ1) is 7.84. The Bertz CT molecular complexity index is 376. The molecule has 0 bridgehead atoms. The summed E-state index contributed by atoms with van der Waals surface area (Å²) in [5, 5.41) is 3.66. The Labute approximate surface area is 95.8 Å². The SMILES string of the molecule is CC1COc2ccccc2C1NC1COC1. The molecule has 2 aliphatic rings. The molecular weight excluding hydrogens is 202 g/mol. The summed E-state index contributed by atoms with van der Waals surface area (Å²) in [7, 11) is 0. The quantitative estimate of drug-likeness (QED) is 0.822. The maximum absolute atomic E-state index is 5.73. The predicted molar refractivity (Wildman–Crippen MR) is 61.6 cm³/mol. The average Bonchev–Trinajstić information content (AvgIpc) is 2.25. The molecule has 0 amide bonds. The van der Waals surface area contributed by atoms with Crippen LogP contribution in [0.3, 0.4) is 0 Å². The van der Waals surface area contributed by atoms with Crippen LogP contribution >= 0.6 is 0 Å². The second kappa shape index (κ2) is 4.07. The Balaban J connectivity index is 1.84. The number of benzene rings is 1. The molecule has 0 radical (unpaired) electrons. The van der Waals surface area contributed by atoms with Gasteiger partial charge in [-0.3, -0.25) is 0 Å². The van der Waals surface area contributed by atoms with E-state index in [4.69, 9.17) is 9.47 Å². The lowest BCUT2D eigenvalue weighted by Gasteiger charge is -2.37. The van der Waals surface area contributed by atoms with Gasteiger partial charge in [0.25, 0.3) is 0 Å². The van der Waals surface area contributed by atoms with E-state index in [0.29, 0.717) is 18.0 Å². The van der Waals surface area contributed by atoms with Crippen molar-refractivity contribution in [2.24, 2.45) is 5.92 Å². The molecule has 1 aromatic rings. The van der Waals surface area contributed by atoms with Gasteiger partial charge in [-0.25, -0.2) is 0 Å². The highest BCUT2D eigenvalue weighted by Gasteiger charge is 2.31. The molecule has 1 saturated heterocycles. The van der Waals surface area contributed by atoms with E-state index in [2.05, 4.69) is 24.4 Å². The largest absolute Gasteiger partial charge is 0.493 e. The fourth-order valence-electron chi connectivity index (χ4n) is 2.33. The lowest BCUT2D eigenvalue weighted by atomic mass is 9.91. The van der Waals surface area contributed by atoms with Crippen LogP contribution in [0, 0.1) is 5.92 Å². The van der Waals surface area contributed by atoms with E-state index in [1.807, 2.05) is 12.1 Å². The topological polar surface area (TPSA) is 30.5 Å². The van der Waals surface area contributed by atoms with Crippen LogP contribution in [0.15, 0.2) is 24.3 Å². The number of ether oxygens (including phenoxy) is 2. The monoisotopic (exact) mass is 219 g/mol. The third kappa shape index (κ3) is 1.70. The van der Waals surface area contributed by atoms with Crippen LogP contribution in [0.1, 0.15) is 18.5 Å². The molecule has 3 nitrogen and oxygen atoms in total. The van der Waals surface area contributed by atoms with Gasteiger partial charge < -0.3 is 14.8 Å². The van der Waals surface area contributed by atoms with E-state index >= 15 is 0 Å². The van der Waals surface area contributed by atoms with Crippen LogP contribution < -0.4 is 10.1 Å². The molecule has 1 aromatic carbocycles. The number of para-hydroxylation sites is 1. The van der Waals surface area contributed by atoms with Crippen LogP contribution in [0.2, 0.25) is 0 Å². The Kier molecular flexibility index (Phi) is 2.58. The molecule has 3 heteroatoms. The van der Waals surface area contributed by atoms with Crippen molar-refractivity contribution in [2.45, 2.75) is 19.0 Å². The van der Waals surface area contributed by atoms with Crippen molar-refractivity contribution in [1.82, 2.24) is 5.32 Å². The van der Waals surface area contributed by atoms with Crippen molar-refractivity contribution in [1.29, 1.82) is 0 Å². The first-order valence-electron chi connectivity index (χ1n) is 5.90. The maximum Gasteiger partial charge on any atom is 0.124 e. The lowest BCUT2D eigenvalue weighted by molar-refractivity contribution is -0.0160. The number of fused-ring (bicyclic) bond motifs is 1. The molecular formula is C13H17NO2. The standard InChI is InChI=1S/C13H17NO2/c1-9-6-16-12-5-3-2-4-11(12)13(9)14-10-7-15-8-10/h2-5,9-10,13-14H,6-8H2,1H3. The Morgan fingerprint density at radius 3 is 2.75 bits per heavy atom. The number of hydrogen-bond acceptors (Lipinski definition) is 3. The Morgan fingerprint density at radius 2 is 2.00 bits per heavy atom. The third-order valence-corrected chi connectivity index (χ3v) is 3.38. The molecule has 16 heavy (non-hydrogen) atoms. The van der Waals surface area contributed by atoms with Gasteiger partial charge in [0.1, 0.15) is 5.75 Å². The molecule has 0 aliphatic carbocycles. The molecule has 0 spiro atoms. The molecule has 2 atom stereocenters. The van der Waals surface area contributed by atoms with Crippen LogP contribution in [0.5, 0.6) is 5.75 Å². The summed E-state index contributed by atoms with van der Waals surface area (Å²) in [6.45, 7) is 4.70. The summed E-state index contributed by atoms with van der Waals surface area (Å²) in [5.74, 6) is 1.54. The zero-order chi connectivity index (χ0) is 11.0. The zero-order valence-electron chi connectivity index (χ0n) is 9.48. The van der Waals surface area contributed by atoms with Gasteiger partial charge in [-0.15, -0.1) is 0 Å². The van der Waals surface area contributed by atoms with E-state index in [1.165, 1.54) is 5.56 Å². The van der Waals surface area contributed by atoms with Crippen molar-refractivity contribution < 1.29 is 9.47 Å². The fraction of sp³-hybridized carbons (Fsp3) is 0.538. The first-order valence-corrected chi connectivity index (χ1v) is 5.90. The van der Waals surface area contributed by atoms with Gasteiger partial charge >= 0.3 is 0 Å². The van der Waals surface area contributed by atoms with Crippen molar-refractivity contribution in [2.75, 3.05) is 19.8 Å². The van der Waals surface area contributed by atoms with Gasteiger partial charge in [0.2, 0.25) is 0 Å². The van der Waals surface area contributed by atoms with Crippen molar-refractivity contribution in [3.63, 3.8) is 0 Å². The van der Waals surface area contributed by atoms with Crippen molar-refractivity contribution >= 4 is 0 Å². The fourth-order valence-corrected chi connectivity index (χ4v) is 2.33. The smallest absolute Gasteiger partial charge is 0.124 e. The second-order valence-corrected chi connectivity index (χ2v) is 4.70. The summed E-state index contributed by atoms with van der Waals surface area (Å²) in [6, 6.07) is 9.22. The highest BCUT2D eigenvalue weighted by molar-refractivity contribution is 5.38. The molecule has 86 valence electrons. The van der Waals surface area contributed by atoms with Gasteiger partial charge in [-0.05, 0) is 6.07 Å². The third-order valence-electron chi connectivity index (χ3n) is 3.38. The van der Waals surface area contributed by atoms with Crippen LogP contribution in [0.25, 0.3) is 0 Å². The molecule has 0 aromatic heterocycles. The minimum Gasteiger partial charge on any atom is -0.493 e. The molecule has 1 fully saturated rings. The summed E-state index contributed by atoms with van der Waals surface area (Å²) in [4.78, 5) is 0. The average molecular weight is 219 g/mol. The van der Waals surface area contributed by atoms with E-state index in [9.17, 15) is 0 Å². The normalized spacial score (nSPS) is 29.1. The van der Waals surface area contributed by atoms with Crippen molar-refractivity contribution in [3.05, 3.63) is 29.8 Å². The molecule has 0 saturated carbocycles. The van der Waals surface area contributed by atoms with Crippen LogP contribution in [-0.4, -0.2) is 25.9 Å². The van der Waals surface area contributed by atoms with E-state index in [1.54, 1.807) is 0 Å². The summed E-state index contributed by atoms with van der Waals surface area (Å²) < 4.78 is 10.9. The summed E-state index contributed by atoms with van der Waals surface area (Å²) >= 11 is 0. The van der Waals surface area contributed by atoms with Gasteiger partial charge in [0.05, 0.1) is 25.9 Å². The lowest BCUT2D eigenvalue weighted by Crippen LogP contribution is -2.50. The van der Waals surface area contributed by atoms with Gasteiger partial charge in [0.15, 0.2) is 0 Å². The van der Waals surface area contributed by atoms with Crippen molar-refractivity contribution in [3.8, 4) is 5.75 Å². The highest BCUT2D eigenvalue weighted by atomic mass is 16.5.